The lowest BCUT2D eigenvalue weighted by molar-refractivity contribution is -0.0482. The average molecular weight is 367 g/mol. The van der Waals surface area contributed by atoms with Crippen molar-refractivity contribution in [3.05, 3.63) is 65.7 Å². The summed E-state index contributed by atoms with van der Waals surface area (Å²) in [6.45, 7) is 7.19. The molecule has 0 aliphatic carbocycles. The van der Waals surface area contributed by atoms with E-state index in [0.717, 1.165) is 45.9 Å². The van der Waals surface area contributed by atoms with Crippen LogP contribution in [0, 0.1) is 0 Å². The SMILES string of the molecule is Oc1ccc(C2CCN(CC3CN(Cc4ccccc4)CCO3)CC2)cc1. The Morgan fingerprint density at radius 1 is 0.889 bits per heavy atom. The topological polar surface area (TPSA) is 35.9 Å². The first kappa shape index (κ1) is 18.5. The smallest absolute Gasteiger partial charge is 0.115 e. The van der Waals surface area contributed by atoms with Gasteiger partial charge in [0.1, 0.15) is 5.75 Å². The Morgan fingerprint density at radius 3 is 2.37 bits per heavy atom. The fraction of sp³-hybridized carbons (Fsp3) is 0.478. The highest BCUT2D eigenvalue weighted by Gasteiger charge is 2.26. The van der Waals surface area contributed by atoms with Gasteiger partial charge in [0, 0.05) is 26.2 Å². The molecule has 0 bridgehead atoms. The number of likely N-dealkylation sites (tertiary alicyclic amines) is 1. The predicted octanol–water partition coefficient (Wildman–Crippen LogP) is 3.47. The van der Waals surface area contributed by atoms with Crippen LogP contribution in [-0.4, -0.2) is 60.3 Å². The molecule has 27 heavy (non-hydrogen) atoms. The normalized spacial score (nSPS) is 22.7. The van der Waals surface area contributed by atoms with Gasteiger partial charge in [0.25, 0.3) is 0 Å². The number of phenols is 1. The zero-order valence-corrected chi connectivity index (χ0v) is 16.0. The van der Waals surface area contributed by atoms with Gasteiger partial charge < -0.3 is 14.7 Å². The zero-order chi connectivity index (χ0) is 18.5. The molecule has 2 heterocycles. The van der Waals surface area contributed by atoms with Gasteiger partial charge in [-0.25, -0.2) is 0 Å². The maximum atomic E-state index is 9.47. The summed E-state index contributed by atoms with van der Waals surface area (Å²) in [5.74, 6) is 0.967. The van der Waals surface area contributed by atoms with E-state index in [4.69, 9.17) is 4.74 Å². The maximum Gasteiger partial charge on any atom is 0.115 e. The Balaban J connectivity index is 1.24. The van der Waals surface area contributed by atoms with Crippen LogP contribution in [0.1, 0.15) is 29.9 Å². The van der Waals surface area contributed by atoms with Crippen LogP contribution in [0.2, 0.25) is 0 Å². The predicted molar refractivity (Wildman–Crippen MR) is 108 cm³/mol. The van der Waals surface area contributed by atoms with E-state index in [1.54, 1.807) is 12.1 Å². The summed E-state index contributed by atoms with van der Waals surface area (Å²) in [4.78, 5) is 5.08. The number of ether oxygens (including phenoxy) is 1. The molecule has 0 saturated carbocycles. The van der Waals surface area contributed by atoms with Crippen molar-refractivity contribution in [2.24, 2.45) is 0 Å². The van der Waals surface area contributed by atoms with E-state index in [1.165, 1.54) is 24.0 Å². The lowest BCUT2D eigenvalue weighted by atomic mass is 9.89. The molecule has 0 aromatic heterocycles. The van der Waals surface area contributed by atoms with Crippen molar-refractivity contribution in [1.82, 2.24) is 9.80 Å². The number of nitrogens with zero attached hydrogens (tertiary/aromatic N) is 2. The molecule has 4 nitrogen and oxygen atoms in total. The van der Waals surface area contributed by atoms with E-state index in [9.17, 15) is 5.11 Å². The third-order valence-corrected chi connectivity index (χ3v) is 5.89. The molecule has 2 aromatic carbocycles. The van der Waals surface area contributed by atoms with Crippen molar-refractivity contribution in [3.8, 4) is 5.75 Å². The number of hydrogen-bond acceptors (Lipinski definition) is 4. The molecule has 1 N–H and O–H groups in total. The van der Waals surface area contributed by atoms with Gasteiger partial charge in [0.05, 0.1) is 12.7 Å². The van der Waals surface area contributed by atoms with E-state index in [1.807, 2.05) is 0 Å². The molecular formula is C23H30N2O2. The number of morpholine rings is 1. The second kappa shape index (κ2) is 8.87. The monoisotopic (exact) mass is 366 g/mol. The molecule has 1 atom stereocenters. The number of hydrogen-bond donors (Lipinski definition) is 1. The van der Waals surface area contributed by atoms with Crippen LogP contribution in [0.15, 0.2) is 54.6 Å². The first-order valence-electron chi connectivity index (χ1n) is 10.2. The van der Waals surface area contributed by atoms with Gasteiger partial charge in [0.15, 0.2) is 0 Å². The van der Waals surface area contributed by atoms with Crippen LogP contribution in [0.3, 0.4) is 0 Å². The van der Waals surface area contributed by atoms with E-state index in [-0.39, 0.29) is 0 Å². The fourth-order valence-electron chi connectivity index (χ4n) is 4.36. The maximum absolute atomic E-state index is 9.47. The summed E-state index contributed by atoms with van der Waals surface area (Å²) in [7, 11) is 0. The Labute approximate surface area is 162 Å². The van der Waals surface area contributed by atoms with E-state index >= 15 is 0 Å². The van der Waals surface area contributed by atoms with E-state index in [2.05, 4.69) is 52.3 Å². The lowest BCUT2D eigenvalue weighted by Gasteiger charge is -2.38. The molecule has 4 heteroatoms. The minimum atomic E-state index is 0.313. The standard InChI is InChI=1S/C23H30N2O2/c26-22-8-6-20(7-9-22)21-10-12-24(13-11-21)17-23-18-25(14-15-27-23)16-19-4-2-1-3-5-19/h1-9,21,23,26H,10-18H2. The highest BCUT2D eigenvalue weighted by atomic mass is 16.5. The minimum absolute atomic E-state index is 0.313. The van der Waals surface area contributed by atoms with Gasteiger partial charge in [-0.15, -0.1) is 0 Å². The van der Waals surface area contributed by atoms with Gasteiger partial charge in [0.2, 0.25) is 0 Å². The largest absolute Gasteiger partial charge is 0.508 e. The van der Waals surface area contributed by atoms with Gasteiger partial charge >= 0.3 is 0 Å². The number of aromatic hydroxyl groups is 1. The second-order valence-corrected chi connectivity index (χ2v) is 7.88. The first-order chi connectivity index (χ1) is 13.3. The molecule has 0 radical (unpaired) electrons. The zero-order valence-electron chi connectivity index (χ0n) is 16.0. The first-order valence-corrected chi connectivity index (χ1v) is 10.2. The van der Waals surface area contributed by atoms with Gasteiger partial charge in [-0.1, -0.05) is 42.5 Å². The van der Waals surface area contributed by atoms with Crippen molar-refractivity contribution in [2.45, 2.75) is 31.4 Å². The van der Waals surface area contributed by atoms with E-state index in [0.29, 0.717) is 17.8 Å². The number of benzene rings is 2. The highest BCUT2D eigenvalue weighted by Crippen LogP contribution is 2.29. The third kappa shape index (κ3) is 5.10. The van der Waals surface area contributed by atoms with Crippen LogP contribution < -0.4 is 0 Å². The van der Waals surface area contributed by atoms with Crippen molar-refractivity contribution in [1.29, 1.82) is 0 Å². The Hall–Kier alpha value is -1.88. The summed E-state index contributed by atoms with van der Waals surface area (Å²) in [6, 6.07) is 18.5. The van der Waals surface area contributed by atoms with Gasteiger partial charge in [-0.2, -0.15) is 0 Å². The number of piperidine rings is 1. The molecule has 0 amide bonds. The van der Waals surface area contributed by atoms with Crippen molar-refractivity contribution < 1.29 is 9.84 Å². The fourth-order valence-corrected chi connectivity index (χ4v) is 4.36. The van der Waals surface area contributed by atoms with Gasteiger partial charge in [-0.05, 0) is 55.1 Å². The van der Waals surface area contributed by atoms with Crippen molar-refractivity contribution in [2.75, 3.05) is 39.3 Å². The summed E-state index contributed by atoms with van der Waals surface area (Å²) < 4.78 is 6.06. The summed E-state index contributed by atoms with van der Waals surface area (Å²) in [5, 5.41) is 9.47. The van der Waals surface area contributed by atoms with Crippen LogP contribution in [0.25, 0.3) is 0 Å². The molecular weight excluding hydrogens is 336 g/mol. The summed E-state index contributed by atoms with van der Waals surface area (Å²) in [6.07, 6.45) is 2.68. The van der Waals surface area contributed by atoms with Crippen molar-refractivity contribution >= 4 is 0 Å². The molecule has 2 aliphatic rings. The minimum Gasteiger partial charge on any atom is -0.508 e. The number of phenolic OH excluding ortho intramolecular Hbond substituents is 1. The second-order valence-electron chi connectivity index (χ2n) is 7.88. The summed E-state index contributed by atoms with van der Waals surface area (Å²) >= 11 is 0. The van der Waals surface area contributed by atoms with Gasteiger partial charge in [-0.3, -0.25) is 4.90 Å². The molecule has 144 valence electrons. The Morgan fingerprint density at radius 2 is 1.63 bits per heavy atom. The van der Waals surface area contributed by atoms with Crippen LogP contribution in [0.4, 0.5) is 0 Å². The quantitative estimate of drug-likeness (QED) is 0.879. The third-order valence-electron chi connectivity index (χ3n) is 5.89. The number of rotatable bonds is 5. The molecule has 0 spiro atoms. The molecule has 2 fully saturated rings. The van der Waals surface area contributed by atoms with Crippen LogP contribution >= 0.6 is 0 Å². The Bertz CT molecular complexity index is 696. The molecule has 1 unspecified atom stereocenters. The molecule has 4 rings (SSSR count). The van der Waals surface area contributed by atoms with Crippen LogP contribution in [-0.2, 0) is 11.3 Å². The summed E-state index contributed by atoms with van der Waals surface area (Å²) in [5.41, 5.74) is 2.74. The van der Waals surface area contributed by atoms with Crippen molar-refractivity contribution in [3.63, 3.8) is 0 Å². The molecule has 2 aromatic rings. The Kier molecular flexibility index (Phi) is 6.07. The van der Waals surface area contributed by atoms with Crippen LogP contribution in [0.5, 0.6) is 5.75 Å². The molecule has 2 saturated heterocycles. The highest BCUT2D eigenvalue weighted by molar-refractivity contribution is 5.28. The van der Waals surface area contributed by atoms with E-state index < -0.39 is 0 Å². The lowest BCUT2D eigenvalue weighted by Crippen LogP contribution is -2.48. The average Bonchev–Trinajstić information content (AvgIpc) is 2.70. The molecule has 2 aliphatic heterocycles.